The smallest absolute Gasteiger partial charge is 0.319 e. The summed E-state index contributed by atoms with van der Waals surface area (Å²) in [6.45, 7) is 7.71. The number of carbonyl (C=O) groups excluding carboxylic acids is 2. The van der Waals surface area contributed by atoms with Gasteiger partial charge >= 0.3 is 6.03 Å². The van der Waals surface area contributed by atoms with E-state index in [1.165, 1.54) is 0 Å². The number of nitrogens with one attached hydrogen (secondary N) is 3. The molecule has 0 spiro atoms. The summed E-state index contributed by atoms with van der Waals surface area (Å²) < 4.78 is 0. The van der Waals surface area contributed by atoms with Crippen molar-refractivity contribution in [1.82, 2.24) is 10.6 Å². The molecule has 0 radical (unpaired) electrons. The van der Waals surface area contributed by atoms with Gasteiger partial charge in [-0.2, -0.15) is 5.26 Å². The lowest BCUT2D eigenvalue weighted by molar-refractivity contribution is 0.0942. The van der Waals surface area contributed by atoms with Gasteiger partial charge in [0, 0.05) is 17.3 Å². The van der Waals surface area contributed by atoms with Crippen LogP contribution >= 0.6 is 0 Å². The average Bonchev–Trinajstić information content (AvgIpc) is 2.45. The first-order valence-corrected chi connectivity index (χ1v) is 7.70. The molecule has 0 aliphatic heterocycles. The topological polar surface area (TPSA) is 94.0 Å². The largest absolute Gasteiger partial charge is 0.336 e. The Morgan fingerprint density at radius 1 is 1.17 bits per heavy atom. The van der Waals surface area contributed by atoms with Gasteiger partial charge in [-0.15, -0.1) is 0 Å². The molecule has 0 saturated carbocycles. The second kappa shape index (κ2) is 8.79. The quantitative estimate of drug-likeness (QED) is 0.753. The predicted octanol–water partition coefficient (Wildman–Crippen LogP) is 2.88. The lowest BCUT2D eigenvalue weighted by Crippen LogP contribution is -2.35. The van der Waals surface area contributed by atoms with Gasteiger partial charge in [0.15, 0.2) is 0 Å². The van der Waals surface area contributed by atoms with Gasteiger partial charge in [-0.25, -0.2) is 4.79 Å². The summed E-state index contributed by atoms with van der Waals surface area (Å²) in [7, 11) is 0. The third kappa shape index (κ3) is 6.83. The van der Waals surface area contributed by atoms with E-state index in [1.54, 1.807) is 24.3 Å². The molecule has 0 aromatic heterocycles. The summed E-state index contributed by atoms with van der Waals surface area (Å²) in [5, 5.41) is 17.2. The van der Waals surface area contributed by atoms with E-state index in [-0.39, 0.29) is 18.0 Å². The normalized spacial score (nSPS) is 11.7. The van der Waals surface area contributed by atoms with E-state index in [0.29, 0.717) is 23.6 Å². The number of nitrogens with zero attached hydrogens (tertiary/aromatic N) is 1. The van der Waals surface area contributed by atoms with Crippen LogP contribution in [0.4, 0.5) is 10.5 Å². The molecule has 1 atom stereocenters. The number of carbonyl (C=O) groups is 2. The fourth-order valence-corrected chi connectivity index (χ4v) is 2.02. The highest BCUT2D eigenvalue weighted by Crippen LogP contribution is 2.12. The van der Waals surface area contributed by atoms with E-state index >= 15 is 0 Å². The molecule has 0 bridgehead atoms. The zero-order chi connectivity index (χ0) is 17.4. The van der Waals surface area contributed by atoms with Crippen molar-refractivity contribution in [2.45, 2.75) is 46.2 Å². The van der Waals surface area contributed by atoms with Gasteiger partial charge in [-0.1, -0.05) is 19.9 Å². The van der Waals surface area contributed by atoms with Crippen LogP contribution in [0.15, 0.2) is 24.3 Å². The lowest BCUT2D eigenvalue weighted by Gasteiger charge is -2.14. The van der Waals surface area contributed by atoms with Crippen molar-refractivity contribution in [2.24, 2.45) is 5.92 Å². The van der Waals surface area contributed by atoms with Gasteiger partial charge in [-0.05, 0) is 44.4 Å². The second-order valence-electron chi connectivity index (χ2n) is 6.12. The number of benzene rings is 1. The Hall–Kier alpha value is -2.55. The van der Waals surface area contributed by atoms with Gasteiger partial charge in [0.25, 0.3) is 5.91 Å². The molecule has 6 nitrogen and oxygen atoms in total. The summed E-state index contributed by atoms with van der Waals surface area (Å²) in [6.07, 6.45) is 0.594. The number of nitriles is 1. The van der Waals surface area contributed by atoms with Crippen LogP contribution in [0.3, 0.4) is 0 Å². The van der Waals surface area contributed by atoms with Crippen molar-refractivity contribution >= 4 is 17.6 Å². The maximum atomic E-state index is 12.2. The standard InChI is InChI=1S/C17H24N4O2/c1-11(2)8-15(10-18)20-16(22)13-6-5-7-14(9-13)21-17(23)19-12(3)4/h5-7,9,11-12,15H,8H2,1-4H3,(H,20,22)(H2,19,21,23). The minimum absolute atomic E-state index is 0.0221. The van der Waals surface area contributed by atoms with Crippen molar-refractivity contribution < 1.29 is 9.59 Å². The van der Waals surface area contributed by atoms with Gasteiger partial charge in [0.05, 0.1) is 6.07 Å². The van der Waals surface area contributed by atoms with Crippen LogP contribution in [-0.2, 0) is 0 Å². The number of hydrogen-bond acceptors (Lipinski definition) is 3. The minimum atomic E-state index is -0.525. The molecule has 1 rings (SSSR count). The predicted molar refractivity (Wildman–Crippen MR) is 90.1 cm³/mol. The Morgan fingerprint density at radius 2 is 1.87 bits per heavy atom. The van der Waals surface area contributed by atoms with E-state index < -0.39 is 6.04 Å². The maximum Gasteiger partial charge on any atom is 0.319 e. The molecular formula is C17H24N4O2. The maximum absolute atomic E-state index is 12.2. The number of urea groups is 1. The van der Waals surface area contributed by atoms with Gasteiger partial charge in [-0.3, -0.25) is 4.79 Å². The van der Waals surface area contributed by atoms with Gasteiger partial charge in [0.2, 0.25) is 0 Å². The van der Waals surface area contributed by atoms with Crippen molar-refractivity contribution in [2.75, 3.05) is 5.32 Å². The molecule has 3 N–H and O–H groups in total. The first-order valence-electron chi connectivity index (χ1n) is 7.70. The average molecular weight is 316 g/mol. The third-order valence-corrected chi connectivity index (χ3v) is 2.97. The molecular weight excluding hydrogens is 292 g/mol. The highest BCUT2D eigenvalue weighted by molar-refractivity contribution is 5.97. The first-order chi connectivity index (χ1) is 10.8. The molecule has 1 aromatic carbocycles. The molecule has 0 aliphatic carbocycles. The molecule has 3 amide bonds. The Bertz CT molecular complexity index is 591. The molecule has 6 heteroatoms. The van der Waals surface area contributed by atoms with Crippen molar-refractivity contribution in [1.29, 1.82) is 5.26 Å². The fourth-order valence-electron chi connectivity index (χ4n) is 2.02. The van der Waals surface area contributed by atoms with Gasteiger partial charge < -0.3 is 16.0 Å². The van der Waals surface area contributed by atoms with E-state index in [4.69, 9.17) is 5.26 Å². The molecule has 0 saturated heterocycles. The summed E-state index contributed by atoms with van der Waals surface area (Å²) in [5.74, 6) is -0.0159. The molecule has 0 fully saturated rings. The van der Waals surface area contributed by atoms with E-state index in [1.807, 2.05) is 27.7 Å². The van der Waals surface area contributed by atoms with Crippen LogP contribution in [0.5, 0.6) is 0 Å². The summed E-state index contributed by atoms with van der Waals surface area (Å²) >= 11 is 0. The van der Waals surface area contributed by atoms with Crippen LogP contribution in [0, 0.1) is 17.2 Å². The number of hydrogen-bond donors (Lipinski definition) is 3. The van der Waals surface area contributed by atoms with Crippen LogP contribution < -0.4 is 16.0 Å². The Morgan fingerprint density at radius 3 is 2.43 bits per heavy atom. The molecule has 0 aliphatic rings. The van der Waals surface area contributed by atoms with Crippen molar-refractivity contribution in [3.05, 3.63) is 29.8 Å². The molecule has 1 unspecified atom stereocenters. The first kappa shape index (κ1) is 18.5. The van der Waals surface area contributed by atoms with Crippen LogP contribution in [0.25, 0.3) is 0 Å². The van der Waals surface area contributed by atoms with Crippen molar-refractivity contribution in [3.8, 4) is 6.07 Å². The zero-order valence-corrected chi connectivity index (χ0v) is 14.0. The Kier molecular flexibility index (Phi) is 7.07. The fraction of sp³-hybridized carbons (Fsp3) is 0.471. The molecule has 124 valence electrons. The highest BCUT2D eigenvalue weighted by atomic mass is 16.2. The highest BCUT2D eigenvalue weighted by Gasteiger charge is 2.15. The van der Waals surface area contributed by atoms with Crippen LogP contribution in [0.2, 0.25) is 0 Å². The SMILES string of the molecule is CC(C)CC(C#N)NC(=O)c1cccc(NC(=O)NC(C)C)c1. The number of anilines is 1. The summed E-state index contributed by atoms with van der Waals surface area (Å²) in [5.41, 5.74) is 0.921. The molecule has 0 heterocycles. The van der Waals surface area contributed by atoms with E-state index in [2.05, 4.69) is 22.0 Å². The Balaban J connectivity index is 2.73. The Labute approximate surface area is 137 Å². The minimum Gasteiger partial charge on any atom is -0.336 e. The molecule has 23 heavy (non-hydrogen) atoms. The number of amides is 3. The molecule has 1 aromatic rings. The van der Waals surface area contributed by atoms with Crippen molar-refractivity contribution in [3.63, 3.8) is 0 Å². The van der Waals surface area contributed by atoms with E-state index in [9.17, 15) is 9.59 Å². The second-order valence-corrected chi connectivity index (χ2v) is 6.12. The number of rotatable bonds is 6. The van der Waals surface area contributed by atoms with Crippen LogP contribution in [0.1, 0.15) is 44.5 Å². The summed E-state index contributed by atoms with van der Waals surface area (Å²) in [6, 6.07) is 7.87. The van der Waals surface area contributed by atoms with E-state index in [0.717, 1.165) is 0 Å². The van der Waals surface area contributed by atoms with Crippen LogP contribution in [-0.4, -0.2) is 24.0 Å². The summed E-state index contributed by atoms with van der Waals surface area (Å²) in [4.78, 5) is 23.9. The zero-order valence-electron chi connectivity index (χ0n) is 14.0. The monoisotopic (exact) mass is 316 g/mol. The third-order valence-electron chi connectivity index (χ3n) is 2.97. The lowest BCUT2D eigenvalue weighted by atomic mass is 10.0. The van der Waals surface area contributed by atoms with Gasteiger partial charge in [0.1, 0.15) is 6.04 Å².